The van der Waals surface area contributed by atoms with E-state index in [1.54, 1.807) is 24.3 Å². The molecule has 0 fully saturated rings. The van der Waals surface area contributed by atoms with Crippen LogP contribution in [0.4, 0.5) is 9.18 Å². The van der Waals surface area contributed by atoms with E-state index in [1.807, 2.05) is 18.2 Å². The molecule has 0 unspecified atom stereocenters. The zero-order chi connectivity index (χ0) is 15.1. The number of carbonyl (C=O) groups is 1. The fourth-order valence-corrected chi connectivity index (χ4v) is 1.90. The van der Waals surface area contributed by atoms with Crippen LogP contribution in [0.2, 0.25) is 5.02 Å². The number of halogens is 2. The minimum absolute atomic E-state index is 0.253. The quantitative estimate of drug-likeness (QED) is 0.882. The predicted molar refractivity (Wildman–Crippen MR) is 82.3 cm³/mol. The topological polar surface area (TPSA) is 41.1 Å². The van der Waals surface area contributed by atoms with Crippen LogP contribution in [0.5, 0.6) is 0 Å². The number of carbonyl (C=O) groups excluding carboxylic acids is 1. The van der Waals surface area contributed by atoms with Crippen LogP contribution in [0, 0.1) is 5.82 Å². The van der Waals surface area contributed by atoms with Gasteiger partial charge < -0.3 is 10.6 Å². The normalized spacial score (nSPS) is 10.6. The van der Waals surface area contributed by atoms with Crippen LogP contribution in [-0.4, -0.2) is 6.03 Å². The van der Waals surface area contributed by atoms with E-state index >= 15 is 0 Å². The van der Waals surface area contributed by atoms with E-state index in [2.05, 4.69) is 10.6 Å². The fourth-order valence-electron chi connectivity index (χ4n) is 1.70. The molecule has 0 saturated heterocycles. The Bertz CT molecular complexity index is 658. The lowest BCUT2D eigenvalue weighted by atomic mass is 10.2. The number of hydrogen-bond donors (Lipinski definition) is 2. The van der Waals surface area contributed by atoms with E-state index in [4.69, 9.17) is 11.6 Å². The molecular weight excluding hydrogens is 291 g/mol. The van der Waals surface area contributed by atoms with Crippen LogP contribution < -0.4 is 10.6 Å². The maximum Gasteiger partial charge on any atom is 0.319 e. The number of rotatable bonds is 4. The van der Waals surface area contributed by atoms with E-state index in [9.17, 15) is 9.18 Å². The lowest BCUT2D eigenvalue weighted by Gasteiger charge is -2.05. The molecule has 0 heterocycles. The Morgan fingerprint density at radius 2 is 2.00 bits per heavy atom. The molecule has 2 aromatic carbocycles. The van der Waals surface area contributed by atoms with Crippen LogP contribution in [0.3, 0.4) is 0 Å². The molecule has 0 aliphatic heterocycles. The van der Waals surface area contributed by atoms with Crippen molar-refractivity contribution < 1.29 is 9.18 Å². The number of amides is 2. The minimum Gasteiger partial charge on any atom is -0.334 e. The molecule has 3 nitrogen and oxygen atoms in total. The molecule has 2 rings (SSSR count). The molecular formula is C16H14ClFN2O. The van der Waals surface area contributed by atoms with Crippen molar-refractivity contribution in [1.82, 2.24) is 10.6 Å². The van der Waals surface area contributed by atoms with E-state index in [0.29, 0.717) is 10.6 Å². The molecule has 0 aromatic heterocycles. The lowest BCUT2D eigenvalue weighted by molar-refractivity contribution is 0.244. The van der Waals surface area contributed by atoms with Gasteiger partial charge in [0, 0.05) is 17.8 Å². The fraction of sp³-hybridized carbons (Fsp3) is 0.0625. The number of benzene rings is 2. The highest BCUT2D eigenvalue weighted by atomic mass is 35.5. The van der Waals surface area contributed by atoms with Crippen molar-refractivity contribution in [3.05, 3.63) is 76.7 Å². The van der Waals surface area contributed by atoms with Gasteiger partial charge in [0.15, 0.2) is 0 Å². The van der Waals surface area contributed by atoms with E-state index in [-0.39, 0.29) is 18.4 Å². The van der Waals surface area contributed by atoms with Crippen LogP contribution in [0.15, 0.2) is 54.7 Å². The Labute approximate surface area is 127 Å². The zero-order valence-electron chi connectivity index (χ0n) is 11.1. The third kappa shape index (κ3) is 4.93. The smallest absolute Gasteiger partial charge is 0.319 e. The summed E-state index contributed by atoms with van der Waals surface area (Å²) < 4.78 is 13.0. The summed E-state index contributed by atoms with van der Waals surface area (Å²) in [6.45, 7) is 0.253. The van der Waals surface area contributed by atoms with E-state index in [1.165, 1.54) is 18.3 Å². The van der Waals surface area contributed by atoms with Gasteiger partial charge in [0.05, 0.1) is 0 Å². The molecule has 0 aliphatic carbocycles. The van der Waals surface area contributed by atoms with Gasteiger partial charge in [-0.2, -0.15) is 0 Å². The first-order valence-electron chi connectivity index (χ1n) is 6.35. The van der Waals surface area contributed by atoms with Gasteiger partial charge in [0.2, 0.25) is 0 Å². The van der Waals surface area contributed by atoms with Crippen molar-refractivity contribution >= 4 is 23.7 Å². The van der Waals surface area contributed by atoms with Crippen LogP contribution in [0.25, 0.3) is 6.08 Å². The first kappa shape index (κ1) is 15.1. The molecule has 0 radical (unpaired) electrons. The molecule has 21 heavy (non-hydrogen) atoms. The highest BCUT2D eigenvalue weighted by Gasteiger charge is 1.99. The molecule has 2 amide bonds. The second-order valence-corrected chi connectivity index (χ2v) is 4.72. The maximum absolute atomic E-state index is 13.0. The van der Waals surface area contributed by atoms with E-state index < -0.39 is 0 Å². The first-order valence-corrected chi connectivity index (χ1v) is 6.73. The highest BCUT2D eigenvalue weighted by molar-refractivity contribution is 6.32. The second kappa shape index (κ2) is 7.45. The molecule has 0 atom stereocenters. The van der Waals surface area contributed by atoms with Crippen LogP contribution >= 0.6 is 11.6 Å². The Kier molecular flexibility index (Phi) is 5.35. The van der Waals surface area contributed by atoms with Crippen molar-refractivity contribution in [3.63, 3.8) is 0 Å². The molecule has 0 spiro atoms. The molecule has 0 saturated carbocycles. The average molecular weight is 305 g/mol. The van der Waals surface area contributed by atoms with Crippen molar-refractivity contribution in [2.45, 2.75) is 6.54 Å². The van der Waals surface area contributed by atoms with E-state index in [0.717, 1.165) is 5.56 Å². The summed E-state index contributed by atoms with van der Waals surface area (Å²) in [5, 5.41) is 5.79. The Morgan fingerprint density at radius 3 is 2.76 bits per heavy atom. The number of hydrogen-bond acceptors (Lipinski definition) is 1. The van der Waals surface area contributed by atoms with Crippen molar-refractivity contribution in [2.24, 2.45) is 0 Å². The summed E-state index contributed by atoms with van der Waals surface area (Å²) in [6, 6.07) is 13.0. The van der Waals surface area contributed by atoms with Gasteiger partial charge in [0.25, 0.3) is 0 Å². The summed E-state index contributed by atoms with van der Waals surface area (Å²) in [7, 11) is 0. The Balaban J connectivity index is 1.81. The van der Waals surface area contributed by atoms with Gasteiger partial charge >= 0.3 is 6.03 Å². The third-order valence-corrected chi connectivity index (χ3v) is 3.07. The second-order valence-electron chi connectivity index (χ2n) is 4.31. The molecule has 2 N–H and O–H groups in total. The summed E-state index contributed by atoms with van der Waals surface area (Å²) in [5.41, 5.74) is 1.50. The van der Waals surface area contributed by atoms with Crippen molar-refractivity contribution in [2.75, 3.05) is 0 Å². The van der Waals surface area contributed by atoms with Gasteiger partial charge in [-0.25, -0.2) is 9.18 Å². The lowest BCUT2D eigenvalue weighted by Crippen LogP contribution is -2.31. The predicted octanol–water partition coefficient (Wildman–Crippen LogP) is 3.95. The monoisotopic (exact) mass is 304 g/mol. The number of nitrogens with one attached hydrogen (secondary N) is 2. The molecule has 0 bridgehead atoms. The van der Waals surface area contributed by atoms with Crippen LogP contribution in [0.1, 0.15) is 11.1 Å². The third-order valence-electron chi connectivity index (χ3n) is 2.72. The molecule has 2 aromatic rings. The SMILES string of the molecule is O=C(N/C=C/c1ccccc1Cl)NCc1cccc(F)c1. The van der Waals surface area contributed by atoms with Crippen molar-refractivity contribution in [1.29, 1.82) is 0 Å². The standard InChI is InChI=1S/C16H14ClFN2O/c17-15-7-2-1-5-13(15)8-9-19-16(21)20-11-12-4-3-6-14(18)10-12/h1-10H,11H2,(H2,19,20,21)/b9-8+. The maximum atomic E-state index is 13.0. The van der Waals surface area contributed by atoms with Crippen molar-refractivity contribution in [3.8, 4) is 0 Å². The molecule has 108 valence electrons. The molecule has 0 aliphatic rings. The summed E-state index contributed by atoms with van der Waals surface area (Å²) >= 11 is 5.98. The first-order chi connectivity index (χ1) is 10.1. The van der Waals surface area contributed by atoms with Gasteiger partial charge in [-0.3, -0.25) is 0 Å². The summed E-state index contributed by atoms with van der Waals surface area (Å²) in [6.07, 6.45) is 3.20. The van der Waals surface area contributed by atoms with Crippen LogP contribution in [-0.2, 0) is 6.54 Å². The largest absolute Gasteiger partial charge is 0.334 e. The number of urea groups is 1. The average Bonchev–Trinajstić information content (AvgIpc) is 2.47. The van der Waals surface area contributed by atoms with Gasteiger partial charge in [-0.15, -0.1) is 0 Å². The molecule has 5 heteroatoms. The Morgan fingerprint density at radius 1 is 1.19 bits per heavy atom. The van der Waals surface area contributed by atoms with Gasteiger partial charge in [-0.05, 0) is 35.4 Å². The zero-order valence-corrected chi connectivity index (χ0v) is 11.9. The van der Waals surface area contributed by atoms with Gasteiger partial charge in [0.1, 0.15) is 5.82 Å². The van der Waals surface area contributed by atoms with Gasteiger partial charge in [-0.1, -0.05) is 41.9 Å². The minimum atomic E-state index is -0.373. The summed E-state index contributed by atoms with van der Waals surface area (Å²) in [5.74, 6) is -0.326. The highest BCUT2D eigenvalue weighted by Crippen LogP contribution is 2.15. The Hall–Kier alpha value is -2.33. The summed E-state index contributed by atoms with van der Waals surface area (Å²) in [4.78, 5) is 11.6.